The summed E-state index contributed by atoms with van der Waals surface area (Å²) in [4.78, 5) is 19.1. The van der Waals surface area contributed by atoms with Crippen LogP contribution in [-0.2, 0) is 11.0 Å². The van der Waals surface area contributed by atoms with Crippen LogP contribution in [0.5, 0.6) is 0 Å². The van der Waals surface area contributed by atoms with Gasteiger partial charge in [0.05, 0.1) is 16.8 Å². The molecule has 0 bridgehead atoms. The van der Waals surface area contributed by atoms with Gasteiger partial charge in [-0.05, 0) is 12.1 Å². The molecule has 0 aliphatic heterocycles. The highest BCUT2D eigenvalue weighted by Crippen LogP contribution is 2.33. The summed E-state index contributed by atoms with van der Waals surface area (Å²) in [6.07, 6.45) is -4.57. The Kier molecular flexibility index (Phi) is 4.22. The van der Waals surface area contributed by atoms with Crippen molar-refractivity contribution in [2.24, 2.45) is 0 Å². The van der Waals surface area contributed by atoms with Crippen molar-refractivity contribution < 1.29 is 18.0 Å². The number of hydrogen-bond acceptors (Lipinski definition) is 6. The fourth-order valence-electron chi connectivity index (χ4n) is 1.68. The first kappa shape index (κ1) is 15.7. The number of carbonyl (C=O) groups is 1. The van der Waals surface area contributed by atoms with Gasteiger partial charge < -0.3 is 4.98 Å². The van der Waals surface area contributed by atoms with Crippen molar-refractivity contribution in [3.05, 3.63) is 29.3 Å². The molecule has 2 heterocycles. The van der Waals surface area contributed by atoms with E-state index in [0.29, 0.717) is 5.16 Å². The molecule has 0 aliphatic rings. The fraction of sp³-hybridized carbons (Fsp3) is 0.167. The molecule has 11 heteroatoms. The van der Waals surface area contributed by atoms with E-state index in [9.17, 15) is 18.0 Å². The van der Waals surface area contributed by atoms with Crippen LogP contribution in [0.15, 0.2) is 29.4 Å². The normalized spacial score (nSPS) is 11.8. The van der Waals surface area contributed by atoms with Crippen molar-refractivity contribution >= 4 is 45.2 Å². The molecule has 3 aromatic rings. The van der Waals surface area contributed by atoms with E-state index in [1.165, 1.54) is 0 Å². The zero-order chi connectivity index (χ0) is 16.4. The number of alkyl halides is 3. The minimum atomic E-state index is -4.57. The van der Waals surface area contributed by atoms with Crippen molar-refractivity contribution in [1.82, 2.24) is 20.2 Å². The number of carbonyl (C=O) groups excluding carboxylic acids is 1. The third kappa shape index (κ3) is 3.79. The van der Waals surface area contributed by atoms with Crippen LogP contribution in [0.25, 0.3) is 11.0 Å². The lowest BCUT2D eigenvalue weighted by molar-refractivity contribution is -0.138. The molecule has 2 N–H and O–H groups in total. The number of fused-ring (bicyclic) bond motifs is 1. The van der Waals surface area contributed by atoms with Crippen LogP contribution >= 0.6 is 23.1 Å². The molecule has 0 atom stereocenters. The van der Waals surface area contributed by atoms with Gasteiger partial charge in [-0.1, -0.05) is 35.2 Å². The number of anilines is 1. The van der Waals surface area contributed by atoms with E-state index in [-0.39, 0.29) is 22.2 Å². The number of halogens is 3. The first-order valence-corrected chi connectivity index (χ1v) is 8.00. The summed E-state index contributed by atoms with van der Waals surface area (Å²) in [6.45, 7) is 0. The lowest BCUT2D eigenvalue weighted by Crippen LogP contribution is -2.13. The van der Waals surface area contributed by atoms with Gasteiger partial charge in [-0.25, -0.2) is 4.98 Å². The number of nitrogens with zero attached hydrogens (tertiary/aromatic N) is 3. The van der Waals surface area contributed by atoms with Crippen LogP contribution in [0, 0.1) is 0 Å². The number of H-pyrrole nitrogens is 1. The molecular weight excluding hydrogens is 351 g/mol. The monoisotopic (exact) mass is 359 g/mol. The average molecular weight is 359 g/mol. The Morgan fingerprint density at radius 3 is 2.78 bits per heavy atom. The second-order valence-electron chi connectivity index (χ2n) is 4.31. The summed E-state index contributed by atoms with van der Waals surface area (Å²) in [7, 11) is 0. The van der Waals surface area contributed by atoms with Crippen molar-refractivity contribution in [1.29, 1.82) is 0 Å². The highest BCUT2D eigenvalue weighted by atomic mass is 32.2. The SMILES string of the molecule is O=C(CSc1nc2ccccc2[nH]1)Nc1nnc(C(F)(F)F)s1. The highest BCUT2D eigenvalue weighted by molar-refractivity contribution is 7.99. The summed E-state index contributed by atoms with van der Waals surface area (Å²) >= 11 is 1.42. The predicted molar refractivity (Wildman–Crippen MR) is 80.4 cm³/mol. The zero-order valence-electron chi connectivity index (χ0n) is 11.2. The Morgan fingerprint density at radius 1 is 1.30 bits per heavy atom. The number of hydrogen-bond donors (Lipinski definition) is 2. The molecule has 0 saturated heterocycles. The lowest BCUT2D eigenvalue weighted by Gasteiger charge is -1.99. The Hall–Kier alpha value is -2.14. The lowest BCUT2D eigenvalue weighted by atomic mass is 10.3. The van der Waals surface area contributed by atoms with Crippen LogP contribution in [0.2, 0.25) is 0 Å². The van der Waals surface area contributed by atoms with Gasteiger partial charge in [0.15, 0.2) is 5.16 Å². The Morgan fingerprint density at radius 2 is 2.09 bits per heavy atom. The summed E-state index contributed by atoms with van der Waals surface area (Å²) in [5.74, 6) is -0.499. The van der Waals surface area contributed by atoms with Gasteiger partial charge in [-0.15, -0.1) is 10.2 Å². The van der Waals surface area contributed by atoms with E-state index in [2.05, 4.69) is 25.5 Å². The van der Waals surface area contributed by atoms with E-state index in [0.717, 1.165) is 22.8 Å². The molecule has 1 amide bonds. The summed E-state index contributed by atoms with van der Waals surface area (Å²) in [5, 5.41) is 7.83. The van der Waals surface area contributed by atoms with Crippen molar-refractivity contribution in [3.8, 4) is 0 Å². The molecule has 23 heavy (non-hydrogen) atoms. The summed E-state index contributed by atoms with van der Waals surface area (Å²) in [6, 6.07) is 7.38. The average Bonchev–Trinajstić information content (AvgIpc) is 3.10. The molecule has 0 fully saturated rings. The fourth-order valence-corrected chi connectivity index (χ4v) is 2.99. The first-order chi connectivity index (χ1) is 10.9. The Labute approximate surface area is 135 Å². The largest absolute Gasteiger partial charge is 0.445 e. The molecule has 1 aromatic carbocycles. The third-order valence-corrected chi connectivity index (χ3v) is 4.38. The number of aromatic nitrogens is 4. The molecule has 0 saturated carbocycles. The van der Waals surface area contributed by atoms with E-state index in [4.69, 9.17) is 0 Å². The van der Waals surface area contributed by atoms with Gasteiger partial charge >= 0.3 is 6.18 Å². The van der Waals surface area contributed by atoms with Gasteiger partial charge in [-0.2, -0.15) is 13.2 Å². The van der Waals surface area contributed by atoms with Crippen LogP contribution in [0.1, 0.15) is 5.01 Å². The summed E-state index contributed by atoms with van der Waals surface area (Å²) in [5.41, 5.74) is 1.61. The van der Waals surface area contributed by atoms with Gasteiger partial charge in [0.1, 0.15) is 0 Å². The third-order valence-electron chi connectivity index (χ3n) is 2.62. The van der Waals surface area contributed by atoms with Crippen molar-refractivity contribution in [2.75, 3.05) is 11.1 Å². The molecule has 0 radical (unpaired) electrons. The number of amides is 1. The number of aromatic amines is 1. The predicted octanol–water partition coefficient (Wildman–Crippen LogP) is 3.16. The number of rotatable bonds is 4. The molecule has 0 spiro atoms. The molecule has 0 aliphatic carbocycles. The topological polar surface area (TPSA) is 83.6 Å². The van der Waals surface area contributed by atoms with Gasteiger partial charge in [-0.3, -0.25) is 10.1 Å². The van der Waals surface area contributed by atoms with Crippen LogP contribution in [-0.4, -0.2) is 31.8 Å². The molecule has 3 rings (SSSR count). The molecule has 120 valence electrons. The number of thioether (sulfide) groups is 1. The Balaban J connectivity index is 1.58. The maximum absolute atomic E-state index is 12.4. The number of imidazole rings is 1. The summed E-state index contributed by atoms with van der Waals surface area (Å²) < 4.78 is 37.2. The smallest absolute Gasteiger partial charge is 0.333 e. The van der Waals surface area contributed by atoms with Gasteiger partial charge in [0.25, 0.3) is 0 Å². The van der Waals surface area contributed by atoms with Crippen molar-refractivity contribution in [2.45, 2.75) is 11.3 Å². The number of nitrogens with one attached hydrogen (secondary N) is 2. The van der Waals surface area contributed by atoms with Gasteiger partial charge in [0.2, 0.25) is 16.0 Å². The second-order valence-corrected chi connectivity index (χ2v) is 6.25. The standard InChI is InChI=1S/C12H8F3N5OS2/c13-12(14,15)9-19-20-11(23-9)18-8(21)5-22-10-16-6-3-1-2-4-7(6)17-10/h1-4H,5H2,(H,16,17)(H,18,20,21). The van der Waals surface area contributed by atoms with Crippen molar-refractivity contribution in [3.63, 3.8) is 0 Å². The molecular formula is C12H8F3N5OS2. The Bertz CT molecular complexity index is 811. The quantitative estimate of drug-likeness (QED) is 0.699. The van der Waals surface area contributed by atoms with E-state index in [1.807, 2.05) is 24.3 Å². The second kappa shape index (κ2) is 6.16. The minimum Gasteiger partial charge on any atom is -0.333 e. The number of benzene rings is 1. The van der Waals surface area contributed by atoms with Crippen LogP contribution in [0.4, 0.5) is 18.3 Å². The van der Waals surface area contributed by atoms with Crippen LogP contribution in [0.3, 0.4) is 0 Å². The van der Waals surface area contributed by atoms with E-state index in [1.54, 1.807) is 0 Å². The van der Waals surface area contributed by atoms with E-state index >= 15 is 0 Å². The number of para-hydroxylation sites is 2. The van der Waals surface area contributed by atoms with E-state index < -0.39 is 17.1 Å². The molecule has 6 nitrogen and oxygen atoms in total. The minimum absolute atomic E-state index is 0.0131. The molecule has 2 aromatic heterocycles. The highest BCUT2D eigenvalue weighted by Gasteiger charge is 2.35. The maximum Gasteiger partial charge on any atom is 0.445 e. The molecule has 0 unspecified atom stereocenters. The maximum atomic E-state index is 12.4. The zero-order valence-corrected chi connectivity index (χ0v) is 12.8. The van der Waals surface area contributed by atoms with Crippen LogP contribution < -0.4 is 5.32 Å². The first-order valence-electron chi connectivity index (χ1n) is 6.20. The van der Waals surface area contributed by atoms with Gasteiger partial charge in [0, 0.05) is 0 Å².